The van der Waals surface area contributed by atoms with Gasteiger partial charge in [0.05, 0.1) is 0 Å². The quantitative estimate of drug-likeness (QED) is 0.394. The van der Waals surface area contributed by atoms with Gasteiger partial charge in [-0.25, -0.2) is 0 Å². The molecule has 1 aliphatic carbocycles. The van der Waals surface area contributed by atoms with Gasteiger partial charge in [-0.3, -0.25) is 0 Å². The van der Waals surface area contributed by atoms with Crippen LogP contribution in [-0.2, 0) is 0 Å². The molecule has 0 heterocycles. The molecule has 1 fully saturated rings. The lowest BCUT2D eigenvalue weighted by Gasteiger charge is -2.30. The molecule has 0 aromatic heterocycles. The van der Waals surface area contributed by atoms with Gasteiger partial charge in [0.25, 0.3) is 0 Å². The molecule has 0 radical (unpaired) electrons. The second-order valence-electron chi connectivity index (χ2n) is 2.80. The van der Waals surface area contributed by atoms with E-state index in [0.29, 0.717) is 0 Å². The van der Waals surface area contributed by atoms with E-state index < -0.39 is 10.4 Å². The van der Waals surface area contributed by atoms with E-state index in [4.69, 9.17) is 39.8 Å². The Labute approximate surface area is 74.9 Å². The number of hydrogen-bond donors (Lipinski definition) is 3. The molecule has 0 unspecified atom stereocenters. The zero-order valence-corrected chi connectivity index (χ0v) is 7.34. The molecule has 0 amide bonds. The standard InChI is InChI=1S/C6H9Cl2N3/c7-5-3(9)1-6(8,11)2-4(5)10/h5,9-10H,1-2,11H2. The summed E-state index contributed by atoms with van der Waals surface area (Å²) in [7, 11) is 0. The van der Waals surface area contributed by atoms with E-state index in [-0.39, 0.29) is 24.3 Å². The third-order valence-corrected chi connectivity index (χ3v) is 2.37. The first-order chi connectivity index (χ1) is 4.92. The molecule has 5 heteroatoms. The number of rotatable bonds is 0. The monoisotopic (exact) mass is 193 g/mol. The average molecular weight is 194 g/mol. The molecule has 11 heavy (non-hydrogen) atoms. The Morgan fingerprint density at radius 1 is 1.36 bits per heavy atom. The SMILES string of the molecule is N=C1CC(N)(Cl)CC(=N)C1Cl. The lowest BCUT2D eigenvalue weighted by molar-refractivity contribution is 0.626. The molecule has 0 bridgehead atoms. The van der Waals surface area contributed by atoms with Crippen LogP contribution in [0.5, 0.6) is 0 Å². The first kappa shape index (κ1) is 8.97. The van der Waals surface area contributed by atoms with Crippen molar-refractivity contribution in [1.82, 2.24) is 0 Å². The average Bonchev–Trinajstić information content (AvgIpc) is 1.81. The fourth-order valence-corrected chi connectivity index (χ4v) is 1.53. The lowest BCUT2D eigenvalue weighted by atomic mass is 9.91. The van der Waals surface area contributed by atoms with Gasteiger partial charge in [0.1, 0.15) is 10.4 Å². The molecule has 1 rings (SSSR count). The van der Waals surface area contributed by atoms with Gasteiger partial charge in [-0.05, 0) is 0 Å². The van der Waals surface area contributed by atoms with Crippen molar-refractivity contribution >= 4 is 34.6 Å². The molecule has 62 valence electrons. The third kappa shape index (κ3) is 1.92. The molecular formula is C6H9Cl2N3. The Bertz CT molecular complexity index is 192. The van der Waals surface area contributed by atoms with Crippen LogP contribution < -0.4 is 5.73 Å². The Hall–Kier alpha value is -0.120. The van der Waals surface area contributed by atoms with E-state index >= 15 is 0 Å². The van der Waals surface area contributed by atoms with Crippen LogP contribution in [-0.4, -0.2) is 21.8 Å². The molecule has 4 N–H and O–H groups in total. The minimum atomic E-state index is -0.959. The van der Waals surface area contributed by atoms with Crippen molar-refractivity contribution < 1.29 is 0 Å². The summed E-state index contributed by atoms with van der Waals surface area (Å²) >= 11 is 11.4. The minimum Gasteiger partial charge on any atom is -0.312 e. The van der Waals surface area contributed by atoms with Crippen molar-refractivity contribution in [2.24, 2.45) is 5.73 Å². The van der Waals surface area contributed by atoms with Crippen LogP contribution >= 0.6 is 23.2 Å². The topological polar surface area (TPSA) is 73.7 Å². The maximum absolute atomic E-state index is 7.34. The van der Waals surface area contributed by atoms with Gasteiger partial charge >= 0.3 is 0 Å². The van der Waals surface area contributed by atoms with E-state index in [2.05, 4.69) is 0 Å². The summed E-state index contributed by atoms with van der Waals surface area (Å²) in [6.07, 6.45) is 0.538. The molecule has 3 nitrogen and oxygen atoms in total. The highest BCUT2D eigenvalue weighted by atomic mass is 35.5. The molecule has 0 aromatic rings. The summed E-state index contributed by atoms with van der Waals surface area (Å²) in [4.78, 5) is -0.959. The highest BCUT2D eigenvalue weighted by molar-refractivity contribution is 6.45. The summed E-state index contributed by atoms with van der Waals surface area (Å²) in [6.45, 7) is 0. The van der Waals surface area contributed by atoms with E-state index in [0.717, 1.165) is 0 Å². The van der Waals surface area contributed by atoms with Gasteiger partial charge < -0.3 is 16.6 Å². The van der Waals surface area contributed by atoms with E-state index in [9.17, 15) is 0 Å². The lowest BCUT2D eigenvalue weighted by Crippen LogP contribution is -2.47. The summed E-state index contributed by atoms with van der Waals surface area (Å²) < 4.78 is 0. The van der Waals surface area contributed by atoms with Gasteiger partial charge in [-0.2, -0.15) is 0 Å². The first-order valence-electron chi connectivity index (χ1n) is 3.19. The van der Waals surface area contributed by atoms with Crippen LogP contribution in [0.15, 0.2) is 0 Å². The summed E-state index contributed by atoms with van der Waals surface area (Å²) in [6, 6.07) is 0. The van der Waals surface area contributed by atoms with E-state index in [1.54, 1.807) is 0 Å². The van der Waals surface area contributed by atoms with Crippen LogP contribution in [0.1, 0.15) is 12.8 Å². The summed E-state index contributed by atoms with van der Waals surface area (Å²) in [5.74, 6) is 0. The van der Waals surface area contributed by atoms with Crippen molar-refractivity contribution in [3.8, 4) is 0 Å². The van der Waals surface area contributed by atoms with Crippen LogP contribution in [0, 0.1) is 10.8 Å². The molecule has 0 saturated heterocycles. The van der Waals surface area contributed by atoms with Crippen molar-refractivity contribution in [3.05, 3.63) is 0 Å². The maximum atomic E-state index is 7.34. The molecular weight excluding hydrogens is 185 g/mol. The van der Waals surface area contributed by atoms with Crippen LogP contribution in [0.2, 0.25) is 0 Å². The third-order valence-electron chi connectivity index (χ3n) is 1.58. The van der Waals surface area contributed by atoms with Gasteiger partial charge in [-0.15, -0.1) is 23.2 Å². The van der Waals surface area contributed by atoms with Gasteiger partial charge in [0.15, 0.2) is 0 Å². The largest absolute Gasteiger partial charge is 0.312 e. The summed E-state index contributed by atoms with van der Waals surface area (Å²) in [5, 5.41) is 14.1. The second kappa shape index (κ2) is 2.73. The molecule has 0 aromatic carbocycles. The van der Waals surface area contributed by atoms with Crippen molar-refractivity contribution in [1.29, 1.82) is 10.8 Å². The predicted octanol–water partition coefficient (Wildman–Crippen LogP) is 1.32. The number of hydrogen-bond acceptors (Lipinski definition) is 3. The van der Waals surface area contributed by atoms with Crippen molar-refractivity contribution in [2.75, 3.05) is 0 Å². The number of alkyl halides is 2. The highest BCUT2D eigenvalue weighted by Gasteiger charge is 2.36. The van der Waals surface area contributed by atoms with E-state index in [1.165, 1.54) is 0 Å². The van der Waals surface area contributed by atoms with Crippen LogP contribution in [0.25, 0.3) is 0 Å². The minimum absolute atomic E-state index is 0.236. The number of halogens is 2. The molecule has 0 atom stereocenters. The van der Waals surface area contributed by atoms with Crippen molar-refractivity contribution in [2.45, 2.75) is 23.2 Å². The zero-order valence-electron chi connectivity index (χ0n) is 5.82. The van der Waals surface area contributed by atoms with Crippen LogP contribution in [0.3, 0.4) is 0 Å². The smallest absolute Gasteiger partial charge is 0.109 e. The fraction of sp³-hybridized carbons (Fsp3) is 0.667. The van der Waals surface area contributed by atoms with Gasteiger partial charge in [0, 0.05) is 24.3 Å². The number of nitrogens with one attached hydrogen (secondary N) is 2. The number of nitrogens with two attached hydrogens (primary N) is 1. The Balaban J connectivity index is 2.78. The van der Waals surface area contributed by atoms with Gasteiger partial charge in [0.2, 0.25) is 0 Å². The second-order valence-corrected chi connectivity index (χ2v) is 3.99. The highest BCUT2D eigenvalue weighted by Crippen LogP contribution is 2.27. The molecule has 0 spiro atoms. The predicted molar refractivity (Wildman–Crippen MR) is 47.1 cm³/mol. The Kier molecular flexibility index (Phi) is 2.23. The molecule has 1 saturated carbocycles. The van der Waals surface area contributed by atoms with Gasteiger partial charge in [-0.1, -0.05) is 0 Å². The van der Waals surface area contributed by atoms with Crippen molar-refractivity contribution in [3.63, 3.8) is 0 Å². The zero-order chi connectivity index (χ0) is 8.65. The molecule has 1 aliphatic rings. The Morgan fingerprint density at radius 2 is 1.73 bits per heavy atom. The molecule has 0 aliphatic heterocycles. The van der Waals surface area contributed by atoms with E-state index in [1.807, 2.05) is 0 Å². The first-order valence-corrected chi connectivity index (χ1v) is 4.00. The Morgan fingerprint density at radius 3 is 2.09 bits per heavy atom. The fourth-order valence-electron chi connectivity index (χ4n) is 1.09. The normalized spacial score (nSPS) is 39.4. The summed E-state index contributed by atoms with van der Waals surface area (Å²) in [5.41, 5.74) is 6.02. The maximum Gasteiger partial charge on any atom is 0.109 e. The van der Waals surface area contributed by atoms with Crippen LogP contribution in [0.4, 0.5) is 0 Å².